The summed E-state index contributed by atoms with van der Waals surface area (Å²) in [6.07, 6.45) is 2.18. The van der Waals surface area contributed by atoms with Gasteiger partial charge in [-0.3, -0.25) is 9.59 Å². The van der Waals surface area contributed by atoms with Crippen molar-refractivity contribution in [1.82, 2.24) is 10.2 Å². The number of carbonyl (C=O) groups is 2. The van der Waals surface area contributed by atoms with E-state index in [4.69, 9.17) is 0 Å². The minimum atomic E-state index is -0.185. The third-order valence-electron chi connectivity index (χ3n) is 5.48. The van der Waals surface area contributed by atoms with Gasteiger partial charge in [-0.25, -0.2) is 0 Å². The second-order valence-corrected chi connectivity index (χ2v) is 8.78. The van der Waals surface area contributed by atoms with Crippen LogP contribution in [0.2, 0.25) is 0 Å². The van der Waals surface area contributed by atoms with Crippen molar-refractivity contribution in [1.29, 1.82) is 0 Å². The van der Waals surface area contributed by atoms with Crippen molar-refractivity contribution < 1.29 is 9.59 Å². The van der Waals surface area contributed by atoms with Crippen molar-refractivity contribution in [3.63, 3.8) is 0 Å². The van der Waals surface area contributed by atoms with E-state index in [1.165, 1.54) is 11.8 Å². The van der Waals surface area contributed by atoms with Crippen LogP contribution < -0.4 is 10.6 Å². The molecule has 0 bridgehead atoms. The number of rotatable bonds is 5. The highest BCUT2D eigenvalue weighted by Crippen LogP contribution is 2.28. The van der Waals surface area contributed by atoms with Crippen molar-refractivity contribution in [2.24, 2.45) is 11.8 Å². The smallest absolute Gasteiger partial charge is 0.235 e. The Labute approximate surface area is 172 Å². The van der Waals surface area contributed by atoms with E-state index in [2.05, 4.69) is 10.6 Å². The van der Waals surface area contributed by atoms with E-state index in [9.17, 15) is 9.59 Å². The van der Waals surface area contributed by atoms with E-state index < -0.39 is 0 Å². The van der Waals surface area contributed by atoms with E-state index in [-0.39, 0.29) is 29.5 Å². The summed E-state index contributed by atoms with van der Waals surface area (Å²) in [6, 6.07) is 7.74. The highest BCUT2D eigenvalue weighted by Gasteiger charge is 2.32. The largest absolute Gasteiger partial charge is 0.342 e. The van der Waals surface area contributed by atoms with Gasteiger partial charge in [0.15, 0.2) is 0 Å². The predicted octanol–water partition coefficient (Wildman–Crippen LogP) is 2.94. The fourth-order valence-electron chi connectivity index (χ4n) is 3.80. The molecular formula is C20H30ClN3O2S. The third-order valence-corrected chi connectivity index (χ3v) is 6.61. The fraction of sp³-hybridized carbons (Fsp3) is 0.600. The maximum absolute atomic E-state index is 12.7. The van der Waals surface area contributed by atoms with Crippen LogP contribution in [-0.2, 0) is 9.59 Å². The van der Waals surface area contributed by atoms with Gasteiger partial charge in [0.1, 0.15) is 0 Å². The third kappa shape index (κ3) is 6.13. The average Bonchev–Trinajstić information content (AvgIpc) is 2.99. The minimum Gasteiger partial charge on any atom is -0.342 e. The quantitative estimate of drug-likeness (QED) is 0.782. The molecule has 27 heavy (non-hydrogen) atoms. The molecule has 5 nitrogen and oxygen atoms in total. The molecule has 1 aromatic carbocycles. The van der Waals surface area contributed by atoms with E-state index in [1.807, 2.05) is 43.0 Å². The van der Waals surface area contributed by atoms with Gasteiger partial charge in [0.2, 0.25) is 11.8 Å². The highest BCUT2D eigenvalue weighted by molar-refractivity contribution is 8.01. The number of likely N-dealkylation sites (tertiary alicyclic amines) is 1. The van der Waals surface area contributed by atoms with E-state index in [0.29, 0.717) is 5.75 Å². The zero-order chi connectivity index (χ0) is 18.5. The van der Waals surface area contributed by atoms with Crippen LogP contribution in [0.4, 0.5) is 5.69 Å². The summed E-state index contributed by atoms with van der Waals surface area (Å²) in [4.78, 5) is 26.9. The normalized spacial score (nSPS) is 23.0. The standard InChI is InChI=1S/C20H29N3O2S.ClH/c1-14-3-5-18(6-4-14)22-19(24)13-26-15(2)20(25)23-9-7-16-11-21-12-17(16)8-10-23;/h3-6,15-17,21H,7-13H2,1-2H3,(H,22,24);1H/t15?,16-,17+;. The molecule has 2 N–H and O–H groups in total. The number of hydrogen-bond donors (Lipinski definition) is 2. The van der Waals surface area contributed by atoms with Gasteiger partial charge in [-0.2, -0.15) is 0 Å². The molecule has 1 unspecified atom stereocenters. The molecule has 7 heteroatoms. The fourth-order valence-corrected chi connectivity index (χ4v) is 4.57. The van der Waals surface area contributed by atoms with Gasteiger partial charge in [-0.05, 0) is 63.7 Å². The number of nitrogens with one attached hydrogen (secondary N) is 2. The number of anilines is 1. The van der Waals surface area contributed by atoms with Gasteiger partial charge in [0.05, 0.1) is 11.0 Å². The van der Waals surface area contributed by atoms with Crippen LogP contribution in [-0.4, -0.2) is 53.9 Å². The van der Waals surface area contributed by atoms with Gasteiger partial charge in [-0.1, -0.05) is 17.7 Å². The van der Waals surface area contributed by atoms with Crippen LogP contribution >= 0.6 is 24.2 Å². The highest BCUT2D eigenvalue weighted by atomic mass is 35.5. The second-order valence-electron chi connectivity index (χ2n) is 7.45. The lowest BCUT2D eigenvalue weighted by Crippen LogP contribution is -2.38. The van der Waals surface area contributed by atoms with Crippen molar-refractivity contribution in [3.8, 4) is 0 Å². The lowest BCUT2D eigenvalue weighted by molar-refractivity contribution is -0.130. The Morgan fingerprint density at radius 3 is 2.37 bits per heavy atom. The first-order valence-corrected chi connectivity index (χ1v) is 10.6. The van der Waals surface area contributed by atoms with Gasteiger partial charge in [0.25, 0.3) is 0 Å². The number of fused-ring (bicyclic) bond motifs is 1. The molecule has 2 saturated heterocycles. The van der Waals surface area contributed by atoms with Crippen LogP contribution in [0.25, 0.3) is 0 Å². The Kier molecular flexibility index (Phi) is 8.45. The van der Waals surface area contributed by atoms with E-state index >= 15 is 0 Å². The van der Waals surface area contributed by atoms with Gasteiger partial charge < -0.3 is 15.5 Å². The number of nitrogens with zero attached hydrogens (tertiary/aromatic N) is 1. The number of benzene rings is 1. The number of amides is 2. The maximum Gasteiger partial charge on any atom is 0.235 e. The molecule has 3 rings (SSSR count). The molecule has 0 radical (unpaired) electrons. The first kappa shape index (κ1) is 22.1. The summed E-state index contributed by atoms with van der Waals surface area (Å²) >= 11 is 1.42. The first-order chi connectivity index (χ1) is 12.5. The Balaban J connectivity index is 0.00000261. The lowest BCUT2D eigenvalue weighted by Gasteiger charge is -2.24. The summed E-state index contributed by atoms with van der Waals surface area (Å²) in [5, 5.41) is 6.17. The maximum atomic E-state index is 12.7. The molecule has 0 aliphatic carbocycles. The zero-order valence-electron chi connectivity index (χ0n) is 16.1. The number of carbonyl (C=O) groups excluding carboxylic acids is 2. The molecule has 0 aromatic heterocycles. The molecular weight excluding hydrogens is 382 g/mol. The van der Waals surface area contributed by atoms with Crippen molar-refractivity contribution in [2.75, 3.05) is 37.2 Å². The van der Waals surface area contributed by atoms with Crippen LogP contribution in [0.1, 0.15) is 25.3 Å². The molecule has 3 atom stereocenters. The van der Waals surface area contributed by atoms with Crippen molar-refractivity contribution in [2.45, 2.75) is 31.9 Å². The summed E-state index contributed by atoms with van der Waals surface area (Å²) in [7, 11) is 0. The van der Waals surface area contributed by atoms with Gasteiger partial charge in [-0.15, -0.1) is 24.2 Å². The number of hydrogen-bond acceptors (Lipinski definition) is 4. The molecule has 0 saturated carbocycles. The summed E-state index contributed by atoms with van der Waals surface area (Å²) < 4.78 is 0. The Bertz CT molecular complexity index is 627. The topological polar surface area (TPSA) is 61.4 Å². The van der Waals surface area contributed by atoms with E-state index in [0.717, 1.165) is 62.1 Å². The molecule has 1 aromatic rings. The summed E-state index contributed by atoms with van der Waals surface area (Å²) in [6.45, 7) is 7.82. The first-order valence-electron chi connectivity index (χ1n) is 9.50. The van der Waals surface area contributed by atoms with Crippen LogP contribution in [0.5, 0.6) is 0 Å². The van der Waals surface area contributed by atoms with Crippen LogP contribution in [0.3, 0.4) is 0 Å². The minimum absolute atomic E-state index is 0. The number of thioether (sulfide) groups is 1. The molecule has 2 aliphatic heterocycles. The summed E-state index contributed by atoms with van der Waals surface area (Å²) in [5.74, 6) is 1.84. The lowest BCUT2D eigenvalue weighted by atomic mass is 9.92. The van der Waals surface area contributed by atoms with Crippen LogP contribution in [0, 0.1) is 18.8 Å². The predicted molar refractivity (Wildman–Crippen MR) is 115 cm³/mol. The molecule has 2 fully saturated rings. The molecule has 150 valence electrons. The van der Waals surface area contributed by atoms with Crippen molar-refractivity contribution in [3.05, 3.63) is 29.8 Å². The monoisotopic (exact) mass is 411 g/mol. The second kappa shape index (κ2) is 10.3. The zero-order valence-corrected chi connectivity index (χ0v) is 17.7. The Morgan fingerprint density at radius 1 is 1.19 bits per heavy atom. The Hall–Kier alpha value is -1.24. The number of aryl methyl sites for hydroxylation is 1. The van der Waals surface area contributed by atoms with Crippen LogP contribution in [0.15, 0.2) is 24.3 Å². The Morgan fingerprint density at radius 2 is 1.78 bits per heavy atom. The van der Waals surface area contributed by atoms with Gasteiger partial charge >= 0.3 is 0 Å². The molecule has 2 amide bonds. The number of halogens is 1. The SMILES string of the molecule is Cc1ccc(NC(=O)CSC(C)C(=O)N2CC[C@@H]3CNC[C@@H]3CC2)cc1.Cl. The molecule has 0 spiro atoms. The van der Waals surface area contributed by atoms with Gasteiger partial charge in [0, 0.05) is 18.8 Å². The van der Waals surface area contributed by atoms with Crippen molar-refractivity contribution >= 4 is 41.7 Å². The molecule has 2 aliphatic rings. The van der Waals surface area contributed by atoms with E-state index in [1.54, 1.807) is 0 Å². The average molecular weight is 412 g/mol. The summed E-state index contributed by atoms with van der Waals surface area (Å²) in [5.41, 5.74) is 1.96. The molecule has 2 heterocycles.